The predicted molar refractivity (Wildman–Crippen MR) is 217 cm³/mol. The van der Waals surface area contributed by atoms with Gasteiger partial charge in [0, 0.05) is 55.0 Å². The second-order valence-corrected chi connectivity index (χ2v) is 15.2. The molecule has 0 aliphatic carbocycles. The third-order valence-corrected chi connectivity index (χ3v) is 9.07. The minimum absolute atomic E-state index is 0.0226. The number of halogens is 3. The Morgan fingerprint density at radius 2 is 1.60 bits per heavy atom. The first-order chi connectivity index (χ1) is 28.6. The second-order valence-electron chi connectivity index (χ2n) is 15.2. The van der Waals surface area contributed by atoms with Crippen molar-refractivity contribution in [2.75, 3.05) is 71.2 Å². The van der Waals surface area contributed by atoms with E-state index in [1.807, 2.05) is 38.8 Å². The number of aromatic nitrogens is 1. The number of rotatable bonds is 19. The van der Waals surface area contributed by atoms with E-state index in [1.54, 1.807) is 30.3 Å². The Kier molecular flexibility index (Phi) is 16.6. The molecule has 5 rings (SSSR count). The fraction of sp³-hybridized carbons (Fsp3) is 0.465. The number of anilines is 1. The third-order valence-electron chi connectivity index (χ3n) is 9.07. The van der Waals surface area contributed by atoms with E-state index in [2.05, 4.69) is 25.0 Å². The number of azo groups is 2. The molecule has 2 aliphatic rings. The quantitative estimate of drug-likeness (QED) is 0.0424. The lowest BCUT2D eigenvalue weighted by atomic mass is 10.1. The van der Waals surface area contributed by atoms with Gasteiger partial charge in [0.2, 0.25) is 17.7 Å². The fourth-order valence-corrected chi connectivity index (χ4v) is 6.17. The Morgan fingerprint density at radius 1 is 0.900 bits per heavy atom. The molecule has 0 N–H and O–H groups in total. The van der Waals surface area contributed by atoms with Crippen molar-refractivity contribution in [2.45, 2.75) is 64.8 Å². The summed E-state index contributed by atoms with van der Waals surface area (Å²) in [7, 11) is 1.91. The van der Waals surface area contributed by atoms with Crippen LogP contribution in [0.4, 0.5) is 30.2 Å². The van der Waals surface area contributed by atoms with Gasteiger partial charge in [0.25, 0.3) is 5.91 Å². The Balaban J connectivity index is 1.16. The van der Waals surface area contributed by atoms with Gasteiger partial charge < -0.3 is 29.0 Å². The number of pyridine rings is 1. The van der Waals surface area contributed by atoms with Crippen molar-refractivity contribution in [1.82, 2.24) is 9.88 Å². The van der Waals surface area contributed by atoms with Crippen molar-refractivity contribution < 1.29 is 51.5 Å². The van der Waals surface area contributed by atoms with Crippen molar-refractivity contribution in [2.24, 2.45) is 15.1 Å². The first-order valence-electron chi connectivity index (χ1n) is 19.9. The van der Waals surface area contributed by atoms with Gasteiger partial charge in [0.05, 0.1) is 80.3 Å². The summed E-state index contributed by atoms with van der Waals surface area (Å²) in [5.74, 6) is -1.69. The summed E-state index contributed by atoms with van der Waals surface area (Å²) < 4.78 is 63.0. The van der Waals surface area contributed by atoms with Crippen LogP contribution in [0.3, 0.4) is 0 Å². The monoisotopic (exact) mass is 835 g/mol. The van der Waals surface area contributed by atoms with E-state index < -0.39 is 29.1 Å². The molecule has 14 nitrogen and oxygen atoms in total. The molecule has 0 spiro atoms. The molecule has 1 aromatic heterocycles. The molecule has 0 bridgehead atoms. The molecular formula is C43H52F3N7O7. The highest BCUT2D eigenvalue weighted by molar-refractivity contribution is 6.10. The van der Waals surface area contributed by atoms with Gasteiger partial charge in [0.1, 0.15) is 5.60 Å². The number of ether oxygens (including phenoxy) is 4. The summed E-state index contributed by atoms with van der Waals surface area (Å²) in [4.78, 5) is 42.6. The van der Waals surface area contributed by atoms with Crippen molar-refractivity contribution >= 4 is 40.7 Å². The van der Waals surface area contributed by atoms with Crippen LogP contribution in [0.15, 0.2) is 88.0 Å². The largest absolute Gasteiger partial charge is 0.857 e. The van der Waals surface area contributed by atoms with Crippen LogP contribution in [0.1, 0.15) is 73.8 Å². The van der Waals surface area contributed by atoms with Crippen LogP contribution in [0.5, 0.6) is 0 Å². The van der Waals surface area contributed by atoms with E-state index in [4.69, 9.17) is 18.9 Å². The minimum Gasteiger partial charge on any atom is -0.857 e. The average molecular weight is 836 g/mol. The van der Waals surface area contributed by atoms with Gasteiger partial charge in [-0.15, -0.1) is 0 Å². The van der Waals surface area contributed by atoms with Crippen molar-refractivity contribution in [3.05, 3.63) is 95.5 Å². The van der Waals surface area contributed by atoms with E-state index in [9.17, 15) is 27.9 Å². The first-order valence-corrected chi connectivity index (χ1v) is 19.9. The summed E-state index contributed by atoms with van der Waals surface area (Å²) in [6.45, 7) is 10.3. The predicted octanol–water partition coefficient (Wildman–Crippen LogP) is 6.61. The van der Waals surface area contributed by atoms with Crippen molar-refractivity contribution in [3.8, 4) is 0 Å². The van der Waals surface area contributed by atoms with Gasteiger partial charge in [-0.25, -0.2) is 0 Å². The molecule has 0 radical (unpaired) electrons. The van der Waals surface area contributed by atoms with E-state index >= 15 is 0 Å². The van der Waals surface area contributed by atoms with Crippen LogP contribution in [0, 0.1) is 0 Å². The van der Waals surface area contributed by atoms with E-state index in [1.165, 1.54) is 29.1 Å². The maximum Gasteiger partial charge on any atom is 0.416 e. The number of benzene rings is 2. The zero-order chi connectivity index (χ0) is 43.1. The summed E-state index contributed by atoms with van der Waals surface area (Å²) in [6.07, 6.45) is 1.60. The maximum absolute atomic E-state index is 13.7. The van der Waals surface area contributed by atoms with Gasteiger partial charge in [-0.2, -0.15) is 18.2 Å². The number of amides is 1. The maximum atomic E-state index is 13.7. The van der Waals surface area contributed by atoms with Crippen LogP contribution in [-0.2, 0) is 36.5 Å². The molecule has 0 atom stereocenters. The van der Waals surface area contributed by atoms with E-state index in [0.717, 1.165) is 50.2 Å². The number of carbonyl (C=O) groups excluding carboxylic acids is 2. The van der Waals surface area contributed by atoms with Gasteiger partial charge >= 0.3 is 12.1 Å². The molecule has 1 fully saturated rings. The number of amidine groups is 1. The highest BCUT2D eigenvalue weighted by atomic mass is 19.4. The first kappa shape index (κ1) is 45.7. The van der Waals surface area contributed by atoms with Gasteiger partial charge in [-0.05, 0) is 83.5 Å². The smallest absolute Gasteiger partial charge is 0.416 e. The number of hydrogen-bond acceptors (Lipinski definition) is 11. The molecule has 1 amide bonds. The van der Waals surface area contributed by atoms with Gasteiger partial charge in [-0.1, -0.05) is 16.8 Å². The number of piperidine rings is 1. The molecule has 60 heavy (non-hydrogen) atoms. The lowest BCUT2D eigenvalue weighted by Crippen LogP contribution is -2.29. The molecule has 17 heteroatoms. The van der Waals surface area contributed by atoms with E-state index in [0.29, 0.717) is 51.8 Å². The van der Waals surface area contributed by atoms with Crippen LogP contribution >= 0.6 is 0 Å². The Morgan fingerprint density at radius 3 is 2.32 bits per heavy atom. The summed E-state index contributed by atoms with van der Waals surface area (Å²) >= 11 is 0. The highest BCUT2D eigenvalue weighted by Crippen LogP contribution is 2.32. The van der Waals surface area contributed by atoms with Crippen molar-refractivity contribution in [1.29, 1.82) is 0 Å². The number of aliphatic imine (C=N–C) groups is 2. The van der Waals surface area contributed by atoms with Crippen LogP contribution < -0.4 is 10.0 Å². The number of nitrogens with zero attached hydrogens (tertiary/aromatic N) is 7. The molecule has 0 saturated carbocycles. The lowest BCUT2D eigenvalue weighted by molar-refractivity contribution is -0.428. The number of likely N-dealkylation sites (N-methyl/N-ethyl adjacent to an activating group) is 1. The number of carbonyl (C=O) groups is 2. The average Bonchev–Trinajstić information content (AvgIpc) is 3.68. The van der Waals surface area contributed by atoms with Crippen LogP contribution in [0.2, 0.25) is 0 Å². The summed E-state index contributed by atoms with van der Waals surface area (Å²) in [6, 6.07) is 14.8. The Hall–Kier alpha value is -5.36. The van der Waals surface area contributed by atoms with E-state index in [-0.39, 0.29) is 47.5 Å². The van der Waals surface area contributed by atoms with Gasteiger partial charge in [0.15, 0.2) is 0 Å². The molecule has 322 valence electrons. The van der Waals surface area contributed by atoms with Crippen molar-refractivity contribution in [3.63, 3.8) is 0 Å². The van der Waals surface area contributed by atoms with Crippen LogP contribution in [-0.4, -0.2) is 110 Å². The zero-order valence-corrected chi connectivity index (χ0v) is 34.4. The fourth-order valence-electron chi connectivity index (χ4n) is 6.17. The Labute approximate surface area is 348 Å². The standard InChI is InChI=1S/C43H52F3N7O7/c1-42(2,3)60-39(54)17-22-57-24-26-59-27-25-58-23-21-51(4)30-32-11-9-13-37(47-32)41(56)48-36-15-14-33(52-18-6-5-7-19-52)29-35(36)40(55)49-38-16-20-53(50-38)34-12-8-10-31(28-34)43(44,45)46/h8-16,20,28-29H,5-7,17-19,21-27,30H2,1-4H3. The second kappa shape index (κ2) is 21.8. The lowest BCUT2D eigenvalue weighted by Gasteiger charge is -2.29. The molecule has 2 aromatic carbocycles. The van der Waals surface area contributed by atoms with Gasteiger partial charge in [-0.3, -0.25) is 24.5 Å². The zero-order valence-electron chi connectivity index (χ0n) is 34.4. The topological polar surface area (TPSA) is 154 Å². The number of esters is 1. The molecule has 3 aromatic rings. The number of hydrogen-bond donors (Lipinski definition) is 0. The molecule has 1 saturated heterocycles. The van der Waals surface area contributed by atoms with Crippen LogP contribution in [0.25, 0.3) is 0 Å². The SMILES string of the molecule is CN(CCOCCOCCOCCC(=O)OC(C)(C)C)Cc1cccc(C([O-])=Nc2ccc(N3CCCCC3)cc2C(=O)N=C2C=C[N+](c3cccc(C(F)(F)F)c3)=N2)n1. The third kappa shape index (κ3) is 14.7. The highest BCUT2D eigenvalue weighted by Gasteiger charge is 2.32. The summed E-state index contributed by atoms with van der Waals surface area (Å²) in [5, 5.41) is 17.7. The Bertz CT molecular complexity index is 2060. The summed E-state index contributed by atoms with van der Waals surface area (Å²) in [5.41, 5.74) is 0.488. The minimum atomic E-state index is -4.53. The number of alkyl halides is 3. The molecule has 3 heterocycles. The molecule has 0 unspecified atom stereocenters. The normalized spacial score (nSPS) is 15.5. The molecule has 2 aliphatic heterocycles. The molecular weight excluding hydrogens is 784 g/mol.